The Labute approximate surface area is 216 Å². The SMILES string of the molecule is COc1ccc(-n2cc(-c3ccccc3)nc2NC(=O)CN(CC2CCCO2)C(=O)C2CC2)cc1OC. The van der Waals surface area contributed by atoms with E-state index in [1.165, 1.54) is 0 Å². The van der Waals surface area contributed by atoms with Gasteiger partial charge in [0.2, 0.25) is 17.8 Å². The maximum Gasteiger partial charge on any atom is 0.246 e. The van der Waals surface area contributed by atoms with Crippen LogP contribution in [0.2, 0.25) is 0 Å². The van der Waals surface area contributed by atoms with Crippen LogP contribution in [0, 0.1) is 5.92 Å². The fourth-order valence-electron chi connectivity index (χ4n) is 4.58. The van der Waals surface area contributed by atoms with Crippen molar-refractivity contribution in [1.82, 2.24) is 14.5 Å². The molecule has 1 aromatic heterocycles. The number of methoxy groups -OCH3 is 2. The van der Waals surface area contributed by atoms with Crippen LogP contribution in [0.4, 0.5) is 5.95 Å². The van der Waals surface area contributed by atoms with E-state index in [0.717, 1.165) is 36.9 Å². The van der Waals surface area contributed by atoms with Gasteiger partial charge in [-0.3, -0.25) is 19.5 Å². The second-order valence-corrected chi connectivity index (χ2v) is 9.40. The van der Waals surface area contributed by atoms with Crippen molar-refractivity contribution in [2.45, 2.75) is 31.8 Å². The minimum Gasteiger partial charge on any atom is -0.493 e. The summed E-state index contributed by atoms with van der Waals surface area (Å²) in [6, 6.07) is 15.2. The van der Waals surface area contributed by atoms with Crippen LogP contribution in [0.15, 0.2) is 54.7 Å². The van der Waals surface area contributed by atoms with Gasteiger partial charge < -0.3 is 19.1 Å². The van der Waals surface area contributed by atoms with Gasteiger partial charge in [0.15, 0.2) is 11.5 Å². The van der Waals surface area contributed by atoms with Crippen molar-refractivity contribution in [3.63, 3.8) is 0 Å². The second-order valence-electron chi connectivity index (χ2n) is 9.40. The van der Waals surface area contributed by atoms with Crippen LogP contribution in [0.1, 0.15) is 25.7 Å². The molecule has 1 aliphatic carbocycles. The zero-order chi connectivity index (χ0) is 25.8. The fourth-order valence-corrected chi connectivity index (χ4v) is 4.58. The molecule has 2 aromatic carbocycles. The van der Waals surface area contributed by atoms with Gasteiger partial charge in [0.05, 0.1) is 31.7 Å². The van der Waals surface area contributed by atoms with Crippen LogP contribution in [0.25, 0.3) is 16.9 Å². The minimum absolute atomic E-state index is 0.0195. The van der Waals surface area contributed by atoms with Crippen molar-refractivity contribution in [3.05, 3.63) is 54.7 Å². The molecule has 0 bridgehead atoms. The molecule has 9 heteroatoms. The zero-order valence-corrected chi connectivity index (χ0v) is 21.2. The average molecular weight is 505 g/mol. The number of benzene rings is 2. The summed E-state index contributed by atoms with van der Waals surface area (Å²) in [6.45, 7) is 1.09. The molecule has 0 radical (unpaired) electrons. The predicted molar refractivity (Wildman–Crippen MR) is 139 cm³/mol. The Hall–Kier alpha value is -3.85. The van der Waals surface area contributed by atoms with Crippen LogP contribution in [0.5, 0.6) is 11.5 Å². The number of rotatable bonds is 10. The van der Waals surface area contributed by atoms with E-state index in [9.17, 15) is 9.59 Å². The first kappa shape index (κ1) is 24.8. The zero-order valence-electron chi connectivity index (χ0n) is 21.2. The van der Waals surface area contributed by atoms with Crippen LogP contribution < -0.4 is 14.8 Å². The first-order valence-corrected chi connectivity index (χ1v) is 12.6. The lowest BCUT2D eigenvalue weighted by Crippen LogP contribution is -2.43. The van der Waals surface area contributed by atoms with Crippen molar-refractivity contribution in [2.75, 3.05) is 39.2 Å². The van der Waals surface area contributed by atoms with Gasteiger partial charge in [-0.2, -0.15) is 0 Å². The smallest absolute Gasteiger partial charge is 0.246 e. The molecular formula is C28H32N4O5. The van der Waals surface area contributed by atoms with Crippen molar-refractivity contribution in [2.24, 2.45) is 5.92 Å². The standard InChI is InChI=1S/C28H32N4O5/c1-35-24-13-12-21(15-25(24)36-2)32-17-23(19-7-4-3-5-8-19)29-28(32)30-26(33)18-31(27(34)20-10-11-20)16-22-9-6-14-37-22/h3-5,7-8,12-13,15,17,20,22H,6,9-11,14,16,18H2,1-2H3,(H,29,30,33). The van der Waals surface area contributed by atoms with Gasteiger partial charge >= 0.3 is 0 Å². The first-order chi connectivity index (χ1) is 18.1. The number of hydrogen-bond donors (Lipinski definition) is 1. The van der Waals surface area contributed by atoms with E-state index in [2.05, 4.69) is 5.32 Å². The van der Waals surface area contributed by atoms with Crippen molar-refractivity contribution in [3.8, 4) is 28.4 Å². The predicted octanol–water partition coefficient (Wildman–Crippen LogP) is 3.91. The van der Waals surface area contributed by atoms with E-state index in [1.807, 2.05) is 48.7 Å². The van der Waals surface area contributed by atoms with Gasteiger partial charge in [0, 0.05) is 36.9 Å². The molecule has 1 aliphatic heterocycles. The summed E-state index contributed by atoms with van der Waals surface area (Å²) in [4.78, 5) is 32.6. The van der Waals surface area contributed by atoms with Crippen LogP contribution in [-0.4, -0.2) is 66.3 Å². The lowest BCUT2D eigenvalue weighted by molar-refractivity contribution is -0.137. The van der Waals surface area contributed by atoms with Gasteiger partial charge in [0.1, 0.15) is 6.54 Å². The highest BCUT2D eigenvalue weighted by Gasteiger charge is 2.35. The normalized spacial score (nSPS) is 16.9. The summed E-state index contributed by atoms with van der Waals surface area (Å²) in [7, 11) is 3.16. The molecule has 1 N–H and O–H groups in total. The number of nitrogens with one attached hydrogen (secondary N) is 1. The third kappa shape index (κ3) is 5.77. The summed E-state index contributed by atoms with van der Waals surface area (Å²) in [5.74, 6) is 1.26. The average Bonchev–Trinajstić information content (AvgIpc) is 3.49. The summed E-state index contributed by atoms with van der Waals surface area (Å²) in [5, 5.41) is 2.94. The molecule has 1 atom stereocenters. The van der Waals surface area contributed by atoms with E-state index >= 15 is 0 Å². The first-order valence-electron chi connectivity index (χ1n) is 12.6. The van der Waals surface area contributed by atoms with Crippen molar-refractivity contribution >= 4 is 17.8 Å². The monoisotopic (exact) mass is 504 g/mol. The van der Waals surface area contributed by atoms with E-state index < -0.39 is 0 Å². The number of imidazole rings is 1. The molecule has 2 heterocycles. The summed E-state index contributed by atoms with van der Waals surface area (Å²) >= 11 is 0. The molecule has 37 heavy (non-hydrogen) atoms. The maximum absolute atomic E-state index is 13.3. The second kappa shape index (κ2) is 11.0. The number of carbonyl (C=O) groups is 2. The van der Waals surface area contributed by atoms with Crippen LogP contribution >= 0.6 is 0 Å². The fraction of sp³-hybridized carbons (Fsp3) is 0.393. The van der Waals surface area contributed by atoms with Gasteiger partial charge in [-0.15, -0.1) is 0 Å². The highest BCUT2D eigenvalue weighted by Crippen LogP contribution is 2.33. The van der Waals surface area contributed by atoms with Gasteiger partial charge in [-0.25, -0.2) is 4.98 Å². The molecular weight excluding hydrogens is 472 g/mol. The largest absolute Gasteiger partial charge is 0.493 e. The maximum atomic E-state index is 13.3. The molecule has 2 amide bonds. The van der Waals surface area contributed by atoms with Gasteiger partial charge in [0.25, 0.3) is 0 Å². The lowest BCUT2D eigenvalue weighted by atomic mass is 10.2. The van der Waals surface area contributed by atoms with E-state index in [1.54, 1.807) is 29.8 Å². The van der Waals surface area contributed by atoms with Crippen molar-refractivity contribution in [1.29, 1.82) is 0 Å². The molecule has 9 nitrogen and oxygen atoms in total. The Kier molecular flexibility index (Phi) is 7.41. The molecule has 1 unspecified atom stereocenters. The molecule has 194 valence electrons. The third-order valence-electron chi connectivity index (χ3n) is 6.69. The third-order valence-corrected chi connectivity index (χ3v) is 6.69. The number of ether oxygens (including phenoxy) is 3. The van der Waals surface area contributed by atoms with E-state index in [-0.39, 0.29) is 30.4 Å². The topological polar surface area (TPSA) is 94.9 Å². The van der Waals surface area contributed by atoms with Gasteiger partial charge in [-0.05, 0) is 37.8 Å². The summed E-state index contributed by atoms with van der Waals surface area (Å²) in [5.41, 5.74) is 2.37. The molecule has 1 saturated carbocycles. The summed E-state index contributed by atoms with van der Waals surface area (Å²) < 4.78 is 18.4. The number of amides is 2. The quantitative estimate of drug-likeness (QED) is 0.450. The van der Waals surface area contributed by atoms with Gasteiger partial charge in [-0.1, -0.05) is 30.3 Å². The minimum atomic E-state index is -0.307. The Morgan fingerprint density at radius 2 is 1.86 bits per heavy atom. The molecule has 5 rings (SSSR count). The number of hydrogen-bond acceptors (Lipinski definition) is 6. The Balaban J connectivity index is 1.42. The molecule has 2 aliphatic rings. The number of aromatic nitrogens is 2. The number of carbonyl (C=O) groups excluding carboxylic acids is 2. The Bertz CT molecular complexity index is 1250. The highest BCUT2D eigenvalue weighted by atomic mass is 16.5. The molecule has 2 fully saturated rings. The number of anilines is 1. The molecule has 1 saturated heterocycles. The van der Waals surface area contributed by atoms with E-state index in [0.29, 0.717) is 36.3 Å². The molecule has 3 aromatic rings. The Morgan fingerprint density at radius 1 is 1.08 bits per heavy atom. The van der Waals surface area contributed by atoms with Crippen molar-refractivity contribution < 1.29 is 23.8 Å². The highest BCUT2D eigenvalue weighted by molar-refractivity contribution is 5.94. The Morgan fingerprint density at radius 3 is 2.54 bits per heavy atom. The number of nitrogens with zero attached hydrogens (tertiary/aromatic N) is 3. The lowest BCUT2D eigenvalue weighted by Gasteiger charge is -2.25. The van der Waals surface area contributed by atoms with Crippen LogP contribution in [-0.2, 0) is 14.3 Å². The molecule has 0 spiro atoms. The summed E-state index contributed by atoms with van der Waals surface area (Å²) in [6.07, 6.45) is 5.49. The van der Waals surface area contributed by atoms with E-state index in [4.69, 9.17) is 19.2 Å². The van der Waals surface area contributed by atoms with Crippen LogP contribution in [0.3, 0.4) is 0 Å².